The van der Waals surface area contributed by atoms with Crippen molar-refractivity contribution in [1.82, 2.24) is 4.83 Å². The highest BCUT2D eigenvalue weighted by molar-refractivity contribution is 7.89. The van der Waals surface area contributed by atoms with Crippen molar-refractivity contribution in [2.75, 3.05) is 14.2 Å². The molecule has 1 aromatic rings. The van der Waals surface area contributed by atoms with Gasteiger partial charge in [0.2, 0.25) is 0 Å². The van der Waals surface area contributed by atoms with Crippen LogP contribution in [-0.4, -0.2) is 28.1 Å². The molecule has 0 radical (unpaired) electrons. The van der Waals surface area contributed by atoms with Gasteiger partial charge < -0.3 is 9.05 Å². The summed E-state index contributed by atoms with van der Waals surface area (Å²) in [5.74, 6) is -0.125. The maximum atomic E-state index is 12.8. The van der Waals surface area contributed by atoms with E-state index < -0.39 is 17.6 Å². The second-order valence-corrected chi connectivity index (χ2v) is 9.92. The predicted octanol–water partition coefficient (Wildman–Crippen LogP) is 3.65. The third kappa shape index (κ3) is 4.91. The summed E-state index contributed by atoms with van der Waals surface area (Å²) < 4.78 is 47.8. The van der Waals surface area contributed by atoms with Crippen LogP contribution in [0, 0.1) is 12.8 Å². The lowest BCUT2D eigenvalue weighted by molar-refractivity contribution is 0.286. The molecule has 9 heteroatoms. The van der Waals surface area contributed by atoms with E-state index in [9.17, 15) is 13.0 Å². The molecule has 0 bridgehead atoms. The molecule has 1 saturated carbocycles. The Morgan fingerprint density at radius 3 is 2.20 bits per heavy atom. The van der Waals surface area contributed by atoms with Gasteiger partial charge in [0, 0.05) is 20.1 Å². The fourth-order valence-corrected chi connectivity index (χ4v) is 5.16. The lowest BCUT2D eigenvalue weighted by Crippen LogP contribution is -2.25. The van der Waals surface area contributed by atoms with Crippen molar-refractivity contribution in [3.8, 4) is 0 Å². The van der Waals surface area contributed by atoms with Gasteiger partial charge in [-0.3, -0.25) is 4.57 Å². The average molecular weight is 388 g/mol. The van der Waals surface area contributed by atoms with Crippen molar-refractivity contribution in [1.29, 1.82) is 0 Å². The highest BCUT2D eigenvalue weighted by Crippen LogP contribution is 2.52. The van der Waals surface area contributed by atoms with Crippen molar-refractivity contribution < 1.29 is 22.0 Å². The maximum Gasteiger partial charge on any atom is 0.376 e. The molecule has 0 saturated heterocycles. The SMILES string of the molecule is COP(=O)(OC)/C(=N/NS(=O)(=O)c1ccc(C)cc1)C1CCCCC1. The Morgan fingerprint density at radius 2 is 1.68 bits per heavy atom. The highest BCUT2D eigenvalue weighted by atomic mass is 32.2. The second-order valence-electron chi connectivity index (χ2n) is 6.08. The Kier molecular flexibility index (Phi) is 6.79. The van der Waals surface area contributed by atoms with Gasteiger partial charge in [0.25, 0.3) is 10.0 Å². The molecule has 2 rings (SSSR count). The molecule has 0 unspecified atom stereocenters. The number of rotatable bonds is 7. The van der Waals surface area contributed by atoms with Crippen LogP contribution in [0.4, 0.5) is 0 Å². The van der Waals surface area contributed by atoms with Crippen molar-refractivity contribution in [3.05, 3.63) is 29.8 Å². The van der Waals surface area contributed by atoms with Gasteiger partial charge in [-0.15, -0.1) is 0 Å². The van der Waals surface area contributed by atoms with Gasteiger partial charge >= 0.3 is 7.60 Å². The van der Waals surface area contributed by atoms with Crippen LogP contribution in [0.15, 0.2) is 34.3 Å². The van der Waals surface area contributed by atoms with E-state index >= 15 is 0 Å². The normalized spacial score (nSPS) is 17.5. The van der Waals surface area contributed by atoms with Gasteiger partial charge in [-0.25, -0.2) is 0 Å². The molecular formula is C16H25N2O5PS. The molecule has 1 aliphatic carbocycles. The number of hydrogen-bond donors (Lipinski definition) is 1. The minimum absolute atomic E-state index is 0.0921. The van der Waals surface area contributed by atoms with Crippen LogP contribution in [-0.2, 0) is 23.6 Å². The van der Waals surface area contributed by atoms with Crippen LogP contribution in [0.5, 0.6) is 0 Å². The third-order valence-corrected chi connectivity index (χ3v) is 7.56. The number of sulfonamides is 1. The summed E-state index contributed by atoms with van der Waals surface area (Å²) in [4.78, 5) is 2.29. The maximum absolute atomic E-state index is 12.8. The number of aryl methyl sites for hydroxylation is 1. The standard InChI is InChI=1S/C16H25N2O5PS/c1-13-9-11-15(12-10-13)25(20,21)18-17-16(24(19,22-2)23-3)14-7-5-4-6-8-14/h9-12,14,18H,4-8H2,1-3H3/b17-16+. The molecular weight excluding hydrogens is 363 g/mol. The van der Waals surface area contributed by atoms with E-state index in [1.165, 1.54) is 26.4 Å². The molecule has 140 valence electrons. The Hall–Kier alpha value is -1.21. The predicted molar refractivity (Wildman–Crippen MR) is 97.1 cm³/mol. The van der Waals surface area contributed by atoms with Crippen LogP contribution in [0.25, 0.3) is 0 Å². The molecule has 0 spiro atoms. The molecule has 1 N–H and O–H groups in total. The lowest BCUT2D eigenvalue weighted by atomic mass is 9.90. The van der Waals surface area contributed by atoms with Crippen LogP contribution in [0.3, 0.4) is 0 Å². The molecule has 25 heavy (non-hydrogen) atoms. The lowest BCUT2D eigenvalue weighted by Gasteiger charge is -2.26. The molecule has 0 heterocycles. The first-order chi connectivity index (χ1) is 11.8. The summed E-state index contributed by atoms with van der Waals surface area (Å²) in [7, 11) is -4.93. The minimum Gasteiger partial charge on any atom is -0.308 e. The molecule has 0 amide bonds. The summed E-state index contributed by atoms with van der Waals surface area (Å²) in [5, 5.41) is 4.00. The zero-order valence-corrected chi connectivity index (χ0v) is 16.5. The molecule has 0 aliphatic heterocycles. The Labute approximate surface area is 149 Å². The van der Waals surface area contributed by atoms with Gasteiger partial charge in [-0.05, 0) is 31.9 Å². The monoisotopic (exact) mass is 388 g/mol. The smallest absolute Gasteiger partial charge is 0.308 e. The average Bonchev–Trinajstić information content (AvgIpc) is 2.62. The second kappa shape index (κ2) is 8.45. The van der Waals surface area contributed by atoms with E-state index in [2.05, 4.69) is 9.93 Å². The zero-order valence-electron chi connectivity index (χ0n) is 14.8. The first-order valence-corrected chi connectivity index (χ1v) is 11.2. The first-order valence-electron chi connectivity index (χ1n) is 8.20. The molecule has 1 fully saturated rings. The van der Waals surface area contributed by atoms with Gasteiger partial charge in [0.1, 0.15) is 0 Å². The highest BCUT2D eigenvalue weighted by Gasteiger charge is 2.37. The van der Waals surface area contributed by atoms with Crippen molar-refractivity contribution in [3.63, 3.8) is 0 Å². The van der Waals surface area contributed by atoms with Crippen LogP contribution in [0.2, 0.25) is 0 Å². The van der Waals surface area contributed by atoms with E-state index in [0.717, 1.165) is 37.7 Å². The Bertz CT molecular complexity index is 747. The van der Waals surface area contributed by atoms with E-state index in [-0.39, 0.29) is 16.3 Å². The quantitative estimate of drug-likeness (QED) is 0.437. The zero-order chi connectivity index (χ0) is 18.5. The van der Waals surface area contributed by atoms with Crippen LogP contribution < -0.4 is 4.83 Å². The summed E-state index contributed by atoms with van der Waals surface area (Å²) in [6.45, 7) is 1.87. The van der Waals surface area contributed by atoms with Crippen molar-refractivity contribution in [2.45, 2.75) is 43.9 Å². The van der Waals surface area contributed by atoms with Crippen molar-refractivity contribution in [2.24, 2.45) is 11.0 Å². The number of hydrogen-bond acceptors (Lipinski definition) is 6. The van der Waals surface area contributed by atoms with E-state index in [1.807, 2.05) is 6.92 Å². The molecule has 7 nitrogen and oxygen atoms in total. The van der Waals surface area contributed by atoms with Gasteiger partial charge in [-0.1, -0.05) is 37.0 Å². The summed E-state index contributed by atoms with van der Waals surface area (Å²) >= 11 is 0. The number of hydrazone groups is 1. The fraction of sp³-hybridized carbons (Fsp3) is 0.562. The minimum atomic E-state index is -3.86. The van der Waals surface area contributed by atoms with Crippen molar-refractivity contribution >= 4 is 23.1 Å². The summed E-state index contributed by atoms with van der Waals surface area (Å²) in [6.07, 6.45) is 4.61. The Morgan fingerprint density at radius 1 is 1.12 bits per heavy atom. The largest absolute Gasteiger partial charge is 0.376 e. The first kappa shape index (κ1) is 20.1. The molecule has 0 aromatic heterocycles. The fourth-order valence-electron chi connectivity index (χ4n) is 2.88. The van der Waals surface area contributed by atoms with Gasteiger partial charge in [0.05, 0.1) is 4.90 Å². The number of nitrogens with one attached hydrogen (secondary N) is 1. The third-order valence-electron chi connectivity index (χ3n) is 4.34. The van der Waals surface area contributed by atoms with Gasteiger partial charge in [-0.2, -0.15) is 18.4 Å². The molecule has 1 aliphatic rings. The number of nitrogens with zero attached hydrogens (tertiary/aromatic N) is 1. The van der Waals surface area contributed by atoms with E-state index in [0.29, 0.717) is 0 Å². The van der Waals surface area contributed by atoms with Crippen LogP contribution >= 0.6 is 7.60 Å². The topological polar surface area (TPSA) is 94.1 Å². The summed E-state index contributed by atoms with van der Waals surface area (Å²) in [5.41, 5.74) is 1.10. The molecule has 1 aromatic carbocycles. The van der Waals surface area contributed by atoms with Gasteiger partial charge in [0.15, 0.2) is 5.45 Å². The van der Waals surface area contributed by atoms with E-state index in [4.69, 9.17) is 9.05 Å². The van der Waals surface area contributed by atoms with E-state index in [1.54, 1.807) is 12.1 Å². The Balaban J connectivity index is 2.33. The summed E-state index contributed by atoms with van der Waals surface area (Å²) in [6, 6.07) is 6.41. The number of benzene rings is 1. The van der Waals surface area contributed by atoms with Crippen LogP contribution in [0.1, 0.15) is 37.7 Å². The molecule has 0 atom stereocenters.